The van der Waals surface area contributed by atoms with E-state index < -0.39 is 10.0 Å². The predicted octanol–water partition coefficient (Wildman–Crippen LogP) is 2.43. The maximum atomic E-state index is 12.5. The Morgan fingerprint density at radius 1 is 1.12 bits per heavy atom. The van der Waals surface area contributed by atoms with E-state index in [0.717, 1.165) is 16.5 Å². The Labute approximate surface area is 146 Å². The normalized spacial score (nSPS) is 13.5. The van der Waals surface area contributed by atoms with E-state index in [0.29, 0.717) is 24.5 Å². The molecule has 2 heterocycles. The van der Waals surface area contributed by atoms with Crippen molar-refractivity contribution in [3.05, 3.63) is 54.2 Å². The molecule has 4 rings (SSSR count). The van der Waals surface area contributed by atoms with Gasteiger partial charge >= 0.3 is 0 Å². The molecule has 0 atom stereocenters. The van der Waals surface area contributed by atoms with Gasteiger partial charge in [0.2, 0.25) is 16.8 Å². The third kappa shape index (κ3) is 2.96. The average molecular weight is 358 g/mol. The number of benzene rings is 2. The van der Waals surface area contributed by atoms with Crippen LogP contribution in [0.15, 0.2) is 53.6 Å². The SMILES string of the molecule is Cn1cc(CCNS(=O)(=O)c2ccc3c(c2)OCO3)c2ccccc21. The number of hydrogen-bond acceptors (Lipinski definition) is 4. The van der Waals surface area contributed by atoms with Gasteiger partial charge in [-0.25, -0.2) is 13.1 Å². The molecule has 0 unspecified atom stereocenters. The Morgan fingerprint density at radius 3 is 2.80 bits per heavy atom. The third-order valence-corrected chi connectivity index (χ3v) is 5.78. The lowest BCUT2D eigenvalue weighted by Crippen LogP contribution is -2.25. The molecule has 1 aromatic heterocycles. The van der Waals surface area contributed by atoms with Crippen molar-refractivity contribution in [1.82, 2.24) is 9.29 Å². The van der Waals surface area contributed by atoms with Crippen LogP contribution in [-0.4, -0.2) is 26.3 Å². The molecule has 1 aliphatic heterocycles. The minimum absolute atomic E-state index is 0.118. The maximum Gasteiger partial charge on any atom is 0.240 e. The number of hydrogen-bond donors (Lipinski definition) is 1. The summed E-state index contributed by atoms with van der Waals surface area (Å²) in [6, 6.07) is 12.7. The summed E-state index contributed by atoms with van der Waals surface area (Å²) in [4.78, 5) is 0.176. The molecule has 2 aromatic carbocycles. The van der Waals surface area contributed by atoms with Crippen molar-refractivity contribution in [2.75, 3.05) is 13.3 Å². The molecule has 1 N–H and O–H groups in total. The second kappa shape index (κ2) is 6.09. The number of nitrogens with one attached hydrogen (secondary N) is 1. The highest BCUT2D eigenvalue weighted by atomic mass is 32.2. The van der Waals surface area contributed by atoms with Gasteiger partial charge in [0.25, 0.3) is 0 Å². The lowest BCUT2D eigenvalue weighted by atomic mass is 10.1. The predicted molar refractivity (Wildman–Crippen MR) is 94.4 cm³/mol. The van der Waals surface area contributed by atoms with Gasteiger partial charge in [0.15, 0.2) is 11.5 Å². The zero-order chi connectivity index (χ0) is 17.4. The number of aryl methyl sites for hydroxylation is 1. The molecular formula is C18H18N2O4S. The summed E-state index contributed by atoms with van der Waals surface area (Å²) in [5.74, 6) is 1.02. The van der Waals surface area contributed by atoms with E-state index in [4.69, 9.17) is 9.47 Å². The van der Waals surface area contributed by atoms with E-state index in [1.54, 1.807) is 6.07 Å². The van der Waals surface area contributed by atoms with Gasteiger partial charge in [-0.05, 0) is 30.2 Å². The Kier molecular flexibility index (Phi) is 3.89. The summed E-state index contributed by atoms with van der Waals surface area (Å²) in [7, 11) is -1.60. The van der Waals surface area contributed by atoms with Gasteiger partial charge in [0.1, 0.15) is 0 Å². The third-order valence-electron chi connectivity index (χ3n) is 4.32. The number of nitrogens with zero attached hydrogens (tertiary/aromatic N) is 1. The molecule has 0 aliphatic carbocycles. The average Bonchev–Trinajstić information content (AvgIpc) is 3.19. The van der Waals surface area contributed by atoms with E-state index in [9.17, 15) is 8.42 Å². The van der Waals surface area contributed by atoms with Crippen LogP contribution in [-0.2, 0) is 23.5 Å². The molecule has 1 aliphatic rings. The van der Waals surface area contributed by atoms with Gasteiger partial charge in [0.05, 0.1) is 4.90 Å². The van der Waals surface area contributed by atoms with Gasteiger partial charge in [-0.2, -0.15) is 0 Å². The van der Waals surface area contributed by atoms with E-state index in [-0.39, 0.29) is 11.7 Å². The first kappa shape index (κ1) is 16.0. The number of ether oxygens (including phenoxy) is 2. The van der Waals surface area contributed by atoms with Gasteiger partial charge in [-0.1, -0.05) is 18.2 Å². The summed E-state index contributed by atoms with van der Waals surface area (Å²) < 4.78 is 40.1. The first-order valence-corrected chi connectivity index (χ1v) is 9.45. The van der Waals surface area contributed by atoms with Crippen molar-refractivity contribution >= 4 is 20.9 Å². The van der Waals surface area contributed by atoms with Crippen LogP contribution in [0.3, 0.4) is 0 Å². The fourth-order valence-electron chi connectivity index (χ4n) is 3.07. The molecule has 25 heavy (non-hydrogen) atoms. The molecule has 0 amide bonds. The van der Waals surface area contributed by atoms with Crippen molar-refractivity contribution in [1.29, 1.82) is 0 Å². The molecule has 0 spiro atoms. The van der Waals surface area contributed by atoms with Gasteiger partial charge in [-0.3, -0.25) is 0 Å². The van der Waals surface area contributed by atoms with E-state index >= 15 is 0 Å². The Morgan fingerprint density at radius 2 is 1.92 bits per heavy atom. The van der Waals surface area contributed by atoms with Crippen molar-refractivity contribution in [2.24, 2.45) is 7.05 Å². The number of para-hydroxylation sites is 1. The molecule has 0 saturated heterocycles. The largest absolute Gasteiger partial charge is 0.454 e. The summed E-state index contributed by atoms with van der Waals surface area (Å²) >= 11 is 0. The first-order chi connectivity index (χ1) is 12.0. The number of aromatic nitrogens is 1. The minimum Gasteiger partial charge on any atom is -0.454 e. The highest BCUT2D eigenvalue weighted by Gasteiger charge is 2.20. The van der Waals surface area contributed by atoms with E-state index in [2.05, 4.69) is 21.4 Å². The van der Waals surface area contributed by atoms with Crippen LogP contribution in [0.4, 0.5) is 0 Å². The zero-order valence-corrected chi connectivity index (χ0v) is 14.5. The molecule has 0 radical (unpaired) electrons. The summed E-state index contributed by atoms with van der Waals surface area (Å²) in [6.07, 6.45) is 2.66. The highest BCUT2D eigenvalue weighted by molar-refractivity contribution is 7.89. The second-order valence-corrected chi connectivity index (χ2v) is 7.71. The molecule has 0 fully saturated rings. The van der Waals surface area contributed by atoms with Crippen molar-refractivity contribution in [2.45, 2.75) is 11.3 Å². The van der Waals surface area contributed by atoms with Crippen LogP contribution >= 0.6 is 0 Å². The lowest BCUT2D eigenvalue weighted by molar-refractivity contribution is 0.174. The first-order valence-electron chi connectivity index (χ1n) is 7.97. The summed E-state index contributed by atoms with van der Waals surface area (Å²) in [6.45, 7) is 0.443. The number of fused-ring (bicyclic) bond motifs is 2. The lowest BCUT2D eigenvalue weighted by Gasteiger charge is -2.07. The molecule has 130 valence electrons. The van der Waals surface area contributed by atoms with Crippen LogP contribution in [0, 0.1) is 0 Å². The Bertz CT molecular complexity index is 1040. The zero-order valence-electron chi connectivity index (χ0n) is 13.7. The fraction of sp³-hybridized carbons (Fsp3) is 0.222. The van der Waals surface area contributed by atoms with Gasteiger partial charge in [0, 0.05) is 36.8 Å². The van der Waals surface area contributed by atoms with Crippen LogP contribution in [0.5, 0.6) is 11.5 Å². The number of sulfonamides is 1. The molecule has 3 aromatic rings. The van der Waals surface area contributed by atoms with Crippen molar-refractivity contribution < 1.29 is 17.9 Å². The van der Waals surface area contributed by atoms with Crippen molar-refractivity contribution in [3.8, 4) is 11.5 Å². The monoisotopic (exact) mass is 358 g/mol. The van der Waals surface area contributed by atoms with Crippen LogP contribution in [0.1, 0.15) is 5.56 Å². The molecule has 6 nitrogen and oxygen atoms in total. The van der Waals surface area contributed by atoms with Crippen LogP contribution < -0.4 is 14.2 Å². The maximum absolute atomic E-state index is 12.5. The molecule has 7 heteroatoms. The Hall–Kier alpha value is -2.51. The standard InChI is InChI=1S/C18H18N2O4S/c1-20-11-13(15-4-2-3-5-16(15)20)8-9-19-25(21,22)14-6-7-17-18(10-14)24-12-23-17/h2-7,10-11,19H,8-9,12H2,1H3. The minimum atomic E-state index is -3.59. The van der Waals surface area contributed by atoms with Crippen molar-refractivity contribution in [3.63, 3.8) is 0 Å². The van der Waals surface area contributed by atoms with E-state index in [1.165, 1.54) is 12.1 Å². The fourth-order valence-corrected chi connectivity index (χ4v) is 4.12. The van der Waals surface area contributed by atoms with E-state index in [1.807, 2.05) is 25.4 Å². The highest BCUT2D eigenvalue weighted by Crippen LogP contribution is 2.33. The Balaban J connectivity index is 1.49. The van der Waals surface area contributed by atoms with Crippen LogP contribution in [0.2, 0.25) is 0 Å². The van der Waals surface area contributed by atoms with Gasteiger partial charge < -0.3 is 14.0 Å². The molecule has 0 bridgehead atoms. The summed E-state index contributed by atoms with van der Waals surface area (Å²) in [5.41, 5.74) is 2.25. The topological polar surface area (TPSA) is 69.6 Å². The molecule has 0 saturated carbocycles. The van der Waals surface area contributed by atoms with Gasteiger partial charge in [-0.15, -0.1) is 0 Å². The smallest absolute Gasteiger partial charge is 0.240 e. The summed E-state index contributed by atoms with van der Waals surface area (Å²) in [5, 5.41) is 1.15. The second-order valence-electron chi connectivity index (χ2n) is 5.95. The quantitative estimate of drug-likeness (QED) is 0.760. The van der Waals surface area contributed by atoms with Crippen LogP contribution in [0.25, 0.3) is 10.9 Å². The molecular weight excluding hydrogens is 340 g/mol. The number of rotatable bonds is 5.